The van der Waals surface area contributed by atoms with E-state index in [0.717, 1.165) is 0 Å². The van der Waals surface area contributed by atoms with Crippen LogP contribution in [0.2, 0.25) is 0 Å². The third kappa shape index (κ3) is 5.18. The zero-order valence-electron chi connectivity index (χ0n) is 11.8. The minimum Gasteiger partial charge on any atom is -0.497 e. The van der Waals surface area contributed by atoms with Gasteiger partial charge in [0.25, 0.3) is 0 Å². The molecule has 1 aromatic rings. The second kappa shape index (κ2) is 7.25. The summed E-state index contributed by atoms with van der Waals surface area (Å²) in [5, 5.41) is 2.69. The van der Waals surface area contributed by atoms with E-state index in [4.69, 9.17) is 4.74 Å². The molecule has 7 heteroatoms. The predicted octanol–water partition coefficient (Wildman–Crippen LogP) is 0.888. The zero-order valence-corrected chi connectivity index (χ0v) is 12.7. The van der Waals surface area contributed by atoms with E-state index in [9.17, 15) is 13.2 Å². The van der Waals surface area contributed by atoms with Gasteiger partial charge < -0.3 is 10.1 Å². The normalized spacial score (nSPS) is 11.4. The van der Waals surface area contributed by atoms with Crippen molar-refractivity contribution in [3.63, 3.8) is 0 Å². The summed E-state index contributed by atoms with van der Waals surface area (Å²) in [6, 6.07) is 6.09. The van der Waals surface area contributed by atoms with E-state index in [-0.39, 0.29) is 29.8 Å². The fourth-order valence-electron chi connectivity index (χ4n) is 1.53. The second-order valence-electron chi connectivity index (χ2n) is 4.55. The van der Waals surface area contributed by atoms with Crippen molar-refractivity contribution in [3.05, 3.63) is 24.3 Å². The molecule has 0 fully saturated rings. The van der Waals surface area contributed by atoms with E-state index in [1.165, 1.54) is 19.2 Å². The van der Waals surface area contributed by atoms with Gasteiger partial charge in [0, 0.05) is 19.0 Å². The summed E-state index contributed by atoms with van der Waals surface area (Å²) in [6.07, 6.45) is 0.105. The van der Waals surface area contributed by atoms with Crippen LogP contribution in [0.1, 0.15) is 20.3 Å². The summed E-state index contributed by atoms with van der Waals surface area (Å²) in [6.45, 7) is 3.76. The molecule has 0 heterocycles. The average Bonchev–Trinajstić information content (AvgIpc) is 2.37. The monoisotopic (exact) mass is 300 g/mol. The maximum Gasteiger partial charge on any atom is 0.240 e. The van der Waals surface area contributed by atoms with Gasteiger partial charge in [-0.25, -0.2) is 13.1 Å². The second-order valence-corrected chi connectivity index (χ2v) is 6.31. The molecule has 112 valence electrons. The Hall–Kier alpha value is -1.60. The summed E-state index contributed by atoms with van der Waals surface area (Å²) < 4.78 is 31.3. The molecule has 20 heavy (non-hydrogen) atoms. The molecule has 0 aliphatic carbocycles. The van der Waals surface area contributed by atoms with Crippen molar-refractivity contribution >= 4 is 15.9 Å². The maximum absolute atomic E-state index is 12.0. The largest absolute Gasteiger partial charge is 0.497 e. The predicted molar refractivity (Wildman–Crippen MR) is 76.1 cm³/mol. The van der Waals surface area contributed by atoms with Gasteiger partial charge >= 0.3 is 0 Å². The Morgan fingerprint density at radius 2 is 1.85 bits per heavy atom. The van der Waals surface area contributed by atoms with Crippen molar-refractivity contribution in [3.8, 4) is 5.75 Å². The van der Waals surface area contributed by atoms with Crippen molar-refractivity contribution in [1.29, 1.82) is 0 Å². The Balaban J connectivity index is 2.55. The number of hydrogen-bond donors (Lipinski definition) is 2. The molecule has 0 aliphatic heterocycles. The van der Waals surface area contributed by atoms with E-state index in [1.807, 2.05) is 13.8 Å². The minimum atomic E-state index is -3.59. The van der Waals surface area contributed by atoms with Gasteiger partial charge in [-0.1, -0.05) is 0 Å². The molecule has 0 atom stereocenters. The number of rotatable bonds is 7. The number of benzene rings is 1. The molecule has 0 spiro atoms. The lowest BCUT2D eigenvalue weighted by Crippen LogP contribution is -2.34. The van der Waals surface area contributed by atoms with Crippen molar-refractivity contribution in [1.82, 2.24) is 10.0 Å². The number of methoxy groups -OCH3 is 1. The summed E-state index contributed by atoms with van der Waals surface area (Å²) in [5.41, 5.74) is 0. The maximum atomic E-state index is 12.0. The van der Waals surface area contributed by atoms with Gasteiger partial charge in [0.2, 0.25) is 15.9 Å². The Morgan fingerprint density at radius 3 is 2.35 bits per heavy atom. The highest BCUT2D eigenvalue weighted by molar-refractivity contribution is 7.89. The molecule has 1 rings (SSSR count). The lowest BCUT2D eigenvalue weighted by atomic mass is 10.3. The van der Waals surface area contributed by atoms with Gasteiger partial charge in [-0.15, -0.1) is 0 Å². The Kier molecular flexibility index (Phi) is 5.97. The van der Waals surface area contributed by atoms with E-state index >= 15 is 0 Å². The van der Waals surface area contributed by atoms with Crippen LogP contribution in [-0.2, 0) is 14.8 Å². The first-order chi connectivity index (χ1) is 9.35. The molecule has 6 nitrogen and oxygen atoms in total. The van der Waals surface area contributed by atoms with Crippen LogP contribution in [0.15, 0.2) is 29.2 Å². The summed E-state index contributed by atoms with van der Waals surface area (Å²) in [7, 11) is -2.09. The van der Waals surface area contributed by atoms with Crippen molar-refractivity contribution in [2.45, 2.75) is 31.2 Å². The van der Waals surface area contributed by atoms with E-state index in [1.54, 1.807) is 12.1 Å². The molecule has 0 aromatic heterocycles. The first-order valence-electron chi connectivity index (χ1n) is 6.28. The number of amides is 1. The SMILES string of the molecule is COc1ccc(S(=O)(=O)NCCC(=O)NC(C)C)cc1. The fraction of sp³-hybridized carbons (Fsp3) is 0.462. The van der Waals surface area contributed by atoms with Crippen LogP contribution in [0.25, 0.3) is 0 Å². The quantitative estimate of drug-likeness (QED) is 0.783. The van der Waals surface area contributed by atoms with Gasteiger partial charge in [0.05, 0.1) is 12.0 Å². The van der Waals surface area contributed by atoms with Gasteiger partial charge in [-0.2, -0.15) is 0 Å². The van der Waals surface area contributed by atoms with E-state index < -0.39 is 10.0 Å². The summed E-state index contributed by atoms with van der Waals surface area (Å²) in [5.74, 6) is 0.401. The molecular weight excluding hydrogens is 280 g/mol. The number of sulfonamides is 1. The van der Waals surface area contributed by atoms with Gasteiger partial charge in [0.1, 0.15) is 5.75 Å². The highest BCUT2D eigenvalue weighted by Crippen LogP contribution is 2.15. The summed E-state index contributed by atoms with van der Waals surface area (Å²) in [4.78, 5) is 11.5. The summed E-state index contributed by atoms with van der Waals surface area (Å²) >= 11 is 0. The van der Waals surface area contributed by atoms with Crippen LogP contribution >= 0.6 is 0 Å². The van der Waals surface area contributed by atoms with Gasteiger partial charge in [-0.05, 0) is 38.1 Å². The Bertz CT molecular complexity index is 538. The van der Waals surface area contributed by atoms with Crippen LogP contribution in [0.3, 0.4) is 0 Å². The molecular formula is C13H20N2O4S. The molecule has 0 aliphatic rings. The molecule has 1 amide bonds. The molecule has 0 bridgehead atoms. The molecule has 1 aromatic carbocycles. The van der Waals surface area contributed by atoms with Crippen molar-refractivity contribution in [2.75, 3.05) is 13.7 Å². The molecule has 2 N–H and O–H groups in total. The van der Waals surface area contributed by atoms with E-state index in [2.05, 4.69) is 10.0 Å². The molecule has 0 unspecified atom stereocenters. The van der Waals surface area contributed by atoms with Crippen LogP contribution in [0, 0.1) is 0 Å². The highest BCUT2D eigenvalue weighted by Gasteiger charge is 2.14. The topological polar surface area (TPSA) is 84.5 Å². The first-order valence-corrected chi connectivity index (χ1v) is 7.76. The van der Waals surface area contributed by atoms with E-state index in [0.29, 0.717) is 5.75 Å². The van der Waals surface area contributed by atoms with Crippen LogP contribution < -0.4 is 14.8 Å². The number of nitrogens with one attached hydrogen (secondary N) is 2. The third-order valence-corrected chi connectivity index (χ3v) is 3.94. The van der Waals surface area contributed by atoms with Crippen molar-refractivity contribution < 1.29 is 17.9 Å². The van der Waals surface area contributed by atoms with Crippen LogP contribution in [0.4, 0.5) is 0 Å². The lowest BCUT2D eigenvalue weighted by Gasteiger charge is -2.09. The van der Waals surface area contributed by atoms with Crippen LogP contribution in [-0.4, -0.2) is 34.0 Å². The van der Waals surface area contributed by atoms with Gasteiger partial charge in [0.15, 0.2) is 0 Å². The smallest absolute Gasteiger partial charge is 0.240 e. The van der Waals surface area contributed by atoms with Gasteiger partial charge in [-0.3, -0.25) is 4.79 Å². The number of carbonyl (C=O) groups excluding carboxylic acids is 1. The standard InChI is InChI=1S/C13H20N2O4S/c1-10(2)15-13(16)8-9-14-20(17,18)12-6-4-11(19-3)5-7-12/h4-7,10,14H,8-9H2,1-3H3,(H,15,16). The fourth-order valence-corrected chi connectivity index (χ4v) is 2.56. The first kappa shape index (κ1) is 16.5. The number of carbonyl (C=O) groups is 1. The number of hydrogen-bond acceptors (Lipinski definition) is 4. The molecule has 0 radical (unpaired) electrons. The molecule has 0 saturated heterocycles. The lowest BCUT2D eigenvalue weighted by molar-refractivity contribution is -0.121. The zero-order chi connectivity index (χ0) is 15.2. The minimum absolute atomic E-state index is 0.0423. The van der Waals surface area contributed by atoms with Crippen molar-refractivity contribution in [2.24, 2.45) is 0 Å². The Morgan fingerprint density at radius 1 is 1.25 bits per heavy atom. The highest BCUT2D eigenvalue weighted by atomic mass is 32.2. The average molecular weight is 300 g/mol. The van der Waals surface area contributed by atoms with Crippen LogP contribution in [0.5, 0.6) is 5.75 Å². The Labute approximate surface area is 119 Å². The third-order valence-electron chi connectivity index (χ3n) is 2.46. The molecule has 0 saturated carbocycles. The number of ether oxygens (including phenoxy) is 1.